The van der Waals surface area contributed by atoms with E-state index in [9.17, 15) is 13.2 Å². The normalized spacial score (nSPS) is 11.2. The zero-order valence-electron chi connectivity index (χ0n) is 17.8. The van der Waals surface area contributed by atoms with Crippen molar-refractivity contribution in [3.8, 4) is 28.7 Å². The Bertz CT molecular complexity index is 1400. The molecule has 10 heteroatoms. The first-order chi connectivity index (χ1) is 15.9. The summed E-state index contributed by atoms with van der Waals surface area (Å²) in [7, 11) is -2.34. The molecule has 0 spiro atoms. The standard InChI is InChI=1S/C23H20N4O5S/c1-15-7-3-6-10-20(15)33(29,30)27-24-21(28)16-11-13-17(14-12-16)22-25-26-23(32-22)18-8-4-5-9-19(18)31-2/h3-14,27H,1-2H3,(H,24,28). The summed E-state index contributed by atoms with van der Waals surface area (Å²) in [5.41, 5.74) is 4.29. The van der Waals surface area contributed by atoms with Crippen molar-refractivity contribution in [3.63, 3.8) is 0 Å². The summed E-state index contributed by atoms with van der Waals surface area (Å²) in [6, 6.07) is 20.1. The van der Waals surface area contributed by atoms with Crippen LogP contribution < -0.4 is 15.0 Å². The monoisotopic (exact) mass is 464 g/mol. The molecule has 0 radical (unpaired) electrons. The number of nitrogens with one attached hydrogen (secondary N) is 2. The van der Waals surface area contributed by atoms with Gasteiger partial charge in [0.2, 0.25) is 5.89 Å². The van der Waals surface area contributed by atoms with Crippen LogP contribution in [-0.4, -0.2) is 31.6 Å². The van der Waals surface area contributed by atoms with Crippen LogP contribution in [0.4, 0.5) is 0 Å². The Balaban J connectivity index is 1.46. The number of hydrogen-bond donors (Lipinski definition) is 2. The molecule has 1 aromatic heterocycles. The Morgan fingerprint density at radius 1 is 0.909 bits per heavy atom. The van der Waals surface area contributed by atoms with Crippen LogP contribution in [0.15, 0.2) is 82.1 Å². The molecule has 4 aromatic rings. The van der Waals surface area contributed by atoms with Gasteiger partial charge in [0.25, 0.3) is 21.8 Å². The minimum Gasteiger partial charge on any atom is -0.496 e. The number of hydrogen-bond acceptors (Lipinski definition) is 7. The number of carbonyl (C=O) groups excluding carboxylic acids is 1. The van der Waals surface area contributed by atoms with Crippen molar-refractivity contribution in [3.05, 3.63) is 83.9 Å². The third kappa shape index (κ3) is 4.76. The molecule has 0 aliphatic heterocycles. The van der Waals surface area contributed by atoms with Crippen molar-refractivity contribution >= 4 is 15.9 Å². The molecule has 2 N–H and O–H groups in total. The first kappa shape index (κ1) is 22.2. The molecule has 33 heavy (non-hydrogen) atoms. The van der Waals surface area contributed by atoms with Crippen LogP contribution >= 0.6 is 0 Å². The van der Waals surface area contributed by atoms with Crippen molar-refractivity contribution in [2.75, 3.05) is 7.11 Å². The molecule has 0 unspecified atom stereocenters. The summed E-state index contributed by atoms with van der Waals surface area (Å²) < 4.78 is 35.9. The molecule has 0 aliphatic rings. The summed E-state index contributed by atoms with van der Waals surface area (Å²) in [6.07, 6.45) is 0. The predicted molar refractivity (Wildman–Crippen MR) is 121 cm³/mol. The molecule has 0 atom stereocenters. The molecule has 4 rings (SSSR count). The lowest BCUT2D eigenvalue weighted by molar-refractivity contribution is 0.0945. The van der Waals surface area contributed by atoms with E-state index in [0.717, 1.165) is 0 Å². The number of para-hydroxylation sites is 1. The Morgan fingerprint density at radius 2 is 1.58 bits per heavy atom. The second-order valence-electron chi connectivity index (χ2n) is 7.02. The van der Waals surface area contributed by atoms with E-state index in [2.05, 4.69) is 20.5 Å². The largest absolute Gasteiger partial charge is 0.496 e. The highest BCUT2D eigenvalue weighted by molar-refractivity contribution is 7.89. The minimum atomic E-state index is -3.90. The van der Waals surface area contributed by atoms with Gasteiger partial charge in [-0.3, -0.25) is 10.2 Å². The third-order valence-electron chi connectivity index (χ3n) is 4.84. The SMILES string of the molecule is COc1ccccc1-c1nnc(-c2ccc(C(=O)NNS(=O)(=O)c3ccccc3C)cc2)o1. The second-order valence-corrected chi connectivity index (χ2v) is 8.67. The number of nitrogens with zero attached hydrogens (tertiary/aromatic N) is 2. The highest BCUT2D eigenvalue weighted by Gasteiger charge is 2.18. The van der Waals surface area contributed by atoms with Crippen LogP contribution in [0.3, 0.4) is 0 Å². The van der Waals surface area contributed by atoms with E-state index in [4.69, 9.17) is 9.15 Å². The number of sulfonamides is 1. The van der Waals surface area contributed by atoms with Crippen LogP contribution in [-0.2, 0) is 10.0 Å². The van der Waals surface area contributed by atoms with Gasteiger partial charge >= 0.3 is 0 Å². The topological polar surface area (TPSA) is 123 Å². The summed E-state index contributed by atoms with van der Waals surface area (Å²) >= 11 is 0. The van der Waals surface area contributed by atoms with Gasteiger partial charge in [0.05, 0.1) is 17.6 Å². The number of methoxy groups -OCH3 is 1. The van der Waals surface area contributed by atoms with E-state index in [0.29, 0.717) is 28.3 Å². The fourth-order valence-corrected chi connectivity index (χ4v) is 4.22. The third-order valence-corrected chi connectivity index (χ3v) is 6.25. The number of carbonyl (C=O) groups is 1. The molecular weight excluding hydrogens is 444 g/mol. The average molecular weight is 465 g/mol. The fourth-order valence-electron chi connectivity index (χ4n) is 3.13. The number of amides is 1. The van der Waals surface area contributed by atoms with Crippen molar-refractivity contribution in [2.45, 2.75) is 11.8 Å². The maximum absolute atomic E-state index is 12.4. The van der Waals surface area contributed by atoms with Gasteiger partial charge < -0.3 is 9.15 Å². The van der Waals surface area contributed by atoms with Gasteiger partial charge in [0, 0.05) is 11.1 Å². The quantitative estimate of drug-likeness (QED) is 0.402. The average Bonchev–Trinajstić information content (AvgIpc) is 3.33. The van der Waals surface area contributed by atoms with E-state index in [1.54, 1.807) is 50.4 Å². The van der Waals surface area contributed by atoms with Crippen LogP contribution in [0.1, 0.15) is 15.9 Å². The summed E-state index contributed by atoms with van der Waals surface area (Å²) in [6.45, 7) is 1.67. The molecule has 0 saturated heterocycles. The highest BCUT2D eigenvalue weighted by Crippen LogP contribution is 2.30. The number of aryl methyl sites for hydroxylation is 1. The molecule has 0 aliphatic carbocycles. The Morgan fingerprint density at radius 3 is 2.30 bits per heavy atom. The van der Waals surface area contributed by atoms with Crippen molar-refractivity contribution < 1.29 is 22.4 Å². The maximum Gasteiger partial charge on any atom is 0.266 e. The minimum absolute atomic E-state index is 0.0860. The van der Waals surface area contributed by atoms with Crippen molar-refractivity contribution in [2.24, 2.45) is 0 Å². The van der Waals surface area contributed by atoms with E-state index >= 15 is 0 Å². The molecule has 1 amide bonds. The van der Waals surface area contributed by atoms with Gasteiger partial charge in [-0.1, -0.05) is 30.3 Å². The van der Waals surface area contributed by atoms with E-state index in [-0.39, 0.29) is 16.3 Å². The number of aromatic nitrogens is 2. The van der Waals surface area contributed by atoms with Gasteiger partial charge in [-0.2, -0.15) is 0 Å². The zero-order valence-corrected chi connectivity index (χ0v) is 18.6. The molecular formula is C23H20N4O5S. The highest BCUT2D eigenvalue weighted by atomic mass is 32.2. The summed E-state index contributed by atoms with van der Waals surface area (Å²) in [5.74, 6) is 0.560. The van der Waals surface area contributed by atoms with E-state index < -0.39 is 15.9 Å². The van der Waals surface area contributed by atoms with Crippen LogP contribution in [0.2, 0.25) is 0 Å². The Hall–Kier alpha value is -4.02. The van der Waals surface area contributed by atoms with Crippen LogP contribution in [0.25, 0.3) is 22.9 Å². The maximum atomic E-state index is 12.4. The number of ether oxygens (including phenoxy) is 1. The zero-order chi connectivity index (χ0) is 23.4. The summed E-state index contributed by atoms with van der Waals surface area (Å²) in [4.78, 5) is 14.6. The first-order valence-electron chi connectivity index (χ1n) is 9.84. The molecule has 0 fully saturated rings. The fraction of sp³-hybridized carbons (Fsp3) is 0.0870. The van der Waals surface area contributed by atoms with E-state index in [1.165, 1.54) is 18.2 Å². The molecule has 9 nitrogen and oxygen atoms in total. The van der Waals surface area contributed by atoms with E-state index in [1.807, 2.05) is 18.2 Å². The smallest absolute Gasteiger partial charge is 0.266 e. The molecule has 3 aromatic carbocycles. The van der Waals surface area contributed by atoms with Gasteiger partial charge in [-0.15, -0.1) is 15.0 Å². The molecule has 0 saturated carbocycles. The lowest BCUT2D eigenvalue weighted by Gasteiger charge is -2.10. The first-order valence-corrected chi connectivity index (χ1v) is 11.3. The van der Waals surface area contributed by atoms with Gasteiger partial charge in [0.1, 0.15) is 5.75 Å². The summed E-state index contributed by atoms with van der Waals surface area (Å²) in [5, 5.41) is 8.13. The van der Waals surface area contributed by atoms with Crippen LogP contribution in [0.5, 0.6) is 5.75 Å². The lowest BCUT2D eigenvalue weighted by Crippen LogP contribution is -2.41. The number of benzene rings is 3. The van der Waals surface area contributed by atoms with Gasteiger partial charge in [0.15, 0.2) is 0 Å². The molecule has 168 valence electrons. The lowest BCUT2D eigenvalue weighted by atomic mass is 10.1. The van der Waals surface area contributed by atoms with Gasteiger partial charge in [-0.25, -0.2) is 8.42 Å². The van der Waals surface area contributed by atoms with Crippen molar-refractivity contribution in [1.29, 1.82) is 0 Å². The predicted octanol–water partition coefficient (Wildman–Crippen LogP) is 3.34. The molecule has 1 heterocycles. The van der Waals surface area contributed by atoms with Gasteiger partial charge in [-0.05, 0) is 55.0 Å². The second kappa shape index (κ2) is 9.23. The Labute approximate surface area is 190 Å². The molecule has 0 bridgehead atoms. The van der Waals surface area contributed by atoms with Crippen molar-refractivity contribution in [1.82, 2.24) is 20.5 Å². The number of hydrazine groups is 1. The number of rotatable bonds is 7. The van der Waals surface area contributed by atoms with Crippen LogP contribution in [0, 0.1) is 6.92 Å². The Kier molecular flexibility index (Phi) is 6.20.